The van der Waals surface area contributed by atoms with Crippen LogP contribution >= 0.6 is 0 Å². The molecule has 7 nitrogen and oxygen atoms in total. The average molecular weight is 357 g/mol. The van der Waals surface area contributed by atoms with Crippen LogP contribution in [0.4, 0.5) is 0 Å². The minimum atomic E-state index is -3.19. The van der Waals surface area contributed by atoms with Gasteiger partial charge in [0.05, 0.1) is 32.3 Å². The van der Waals surface area contributed by atoms with Crippen molar-refractivity contribution in [2.75, 3.05) is 45.4 Å². The Balaban J connectivity index is 1.82. The first-order valence-corrected chi connectivity index (χ1v) is 9.56. The quantitative estimate of drug-likeness (QED) is 0.526. The lowest BCUT2D eigenvalue weighted by atomic mass is 10.2. The second-order valence-corrected chi connectivity index (χ2v) is 7.80. The van der Waals surface area contributed by atoms with Crippen molar-refractivity contribution in [3.05, 3.63) is 24.3 Å². The third-order valence-corrected chi connectivity index (χ3v) is 5.56. The molecule has 1 aliphatic heterocycles. The lowest BCUT2D eigenvalue weighted by molar-refractivity contribution is -0.146. The van der Waals surface area contributed by atoms with E-state index in [9.17, 15) is 13.2 Å². The molecule has 134 valence electrons. The van der Waals surface area contributed by atoms with E-state index < -0.39 is 21.8 Å². The van der Waals surface area contributed by atoms with Gasteiger partial charge in [0.25, 0.3) is 0 Å². The van der Waals surface area contributed by atoms with Gasteiger partial charge in [-0.05, 0) is 30.7 Å². The van der Waals surface area contributed by atoms with Gasteiger partial charge in [0.1, 0.15) is 17.5 Å². The molecule has 0 saturated carbocycles. The van der Waals surface area contributed by atoms with E-state index in [0.29, 0.717) is 26.1 Å². The number of esters is 1. The molecule has 0 aliphatic carbocycles. The summed E-state index contributed by atoms with van der Waals surface area (Å²) in [5.74, 6) is 0.882. The fourth-order valence-electron chi connectivity index (χ4n) is 2.59. The average Bonchev–Trinajstić information content (AvgIpc) is 2.59. The highest BCUT2D eigenvalue weighted by atomic mass is 32.2. The van der Waals surface area contributed by atoms with E-state index >= 15 is 0 Å². The van der Waals surface area contributed by atoms with Gasteiger partial charge in [-0.1, -0.05) is 0 Å². The predicted molar refractivity (Wildman–Crippen MR) is 89.1 cm³/mol. The summed E-state index contributed by atoms with van der Waals surface area (Å²) in [5, 5.41) is 0. The van der Waals surface area contributed by atoms with Gasteiger partial charge in [-0.3, -0.25) is 9.69 Å². The third-order valence-electron chi connectivity index (χ3n) is 3.93. The second kappa shape index (κ2) is 8.34. The van der Waals surface area contributed by atoms with E-state index in [1.807, 2.05) is 29.2 Å². The van der Waals surface area contributed by atoms with Crippen molar-refractivity contribution in [1.82, 2.24) is 4.90 Å². The van der Waals surface area contributed by atoms with Crippen LogP contribution in [-0.4, -0.2) is 70.8 Å². The second-order valence-electron chi connectivity index (χ2n) is 5.57. The van der Waals surface area contributed by atoms with E-state index in [0.717, 1.165) is 11.5 Å². The largest absolute Gasteiger partial charge is 0.497 e. The van der Waals surface area contributed by atoms with Crippen LogP contribution in [0.5, 0.6) is 11.5 Å². The highest BCUT2D eigenvalue weighted by Gasteiger charge is 2.36. The van der Waals surface area contributed by atoms with Crippen molar-refractivity contribution in [3.8, 4) is 11.5 Å². The molecule has 1 aliphatic rings. The Morgan fingerprint density at radius 3 is 2.50 bits per heavy atom. The Kier molecular flexibility index (Phi) is 6.44. The maximum Gasteiger partial charge on any atom is 0.324 e. The van der Waals surface area contributed by atoms with Crippen LogP contribution in [0.2, 0.25) is 0 Å². The summed E-state index contributed by atoms with van der Waals surface area (Å²) in [4.78, 5) is 13.7. The number of carbonyl (C=O) groups is 1. The molecule has 1 heterocycles. The van der Waals surface area contributed by atoms with E-state index in [1.165, 1.54) is 7.11 Å². The van der Waals surface area contributed by atoms with Gasteiger partial charge in [0.15, 0.2) is 9.84 Å². The van der Waals surface area contributed by atoms with Crippen molar-refractivity contribution in [2.45, 2.75) is 12.5 Å². The number of hydrogen-bond acceptors (Lipinski definition) is 7. The van der Waals surface area contributed by atoms with Gasteiger partial charge in [-0.2, -0.15) is 0 Å². The number of ether oxygens (including phenoxy) is 3. The summed E-state index contributed by atoms with van der Waals surface area (Å²) >= 11 is 0. The van der Waals surface area contributed by atoms with Crippen molar-refractivity contribution < 1.29 is 27.4 Å². The van der Waals surface area contributed by atoms with Gasteiger partial charge in [0, 0.05) is 13.1 Å². The summed E-state index contributed by atoms with van der Waals surface area (Å²) in [6.07, 6.45) is 0.680. The lowest BCUT2D eigenvalue weighted by Crippen LogP contribution is -2.53. The molecular formula is C16H23NO6S. The van der Waals surface area contributed by atoms with E-state index in [2.05, 4.69) is 0 Å². The molecular weight excluding hydrogens is 334 g/mol. The molecule has 0 N–H and O–H groups in total. The fourth-order valence-corrected chi connectivity index (χ4v) is 4.10. The van der Waals surface area contributed by atoms with Crippen molar-refractivity contribution >= 4 is 15.8 Å². The molecule has 2 rings (SSSR count). The first-order chi connectivity index (χ1) is 11.4. The molecule has 0 bridgehead atoms. The molecule has 0 spiro atoms. The van der Waals surface area contributed by atoms with Crippen LogP contribution in [0.1, 0.15) is 6.42 Å². The first-order valence-electron chi connectivity index (χ1n) is 7.74. The number of benzene rings is 1. The normalized spacial score (nSPS) is 20.3. The van der Waals surface area contributed by atoms with Crippen LogP contribution < -0.4 is 9.47 Å². The van der Waals surface area contributed by atoms with Crippen LogP contribution in [0.3, 0.4) is 0 Å². The zero-order valence-electron chi connectivity index (χ0n) is 13.9. The Morgan fingerprint density at radius 1 is 1.21 bits per heavy atom. The standard InChI is InChI=1S/C16H23NO6S/c1-21-13-4-6-14(7-5-13)23-10-3-8-17-9-11-24(19,20)12-15(17)16(18)22-2/h4-7,15H,3,8-12H2,1-2H3/t15-/m0/s1. The summed E-state index contributed by atoms with van der Waals surface area (Å²) < 4.78 is 38.9. The van der Waals surface area contributed by atoms with Gasteiger partial charge >= 0.3 is 5.97 Å². The number of hydrogen-bond donors (Lipinski definition) is 0. The zero-order valence-corrected chi connectivity index (χ0v) is 14.8. The van der Waals surface area contributed by atoms with Gasteiger partial charge in [0.2, 0.25) is 0 Å². The van der Waals surface area contributed by atoms with Gasteiger partial charge in [-0.15, -0.1) is 0 Å². The van der Waals surface area contributed by atoms with Gasteiger partial charge < -0.3 is 14.2 Å². The third kappa shape index (κ3) is 5.10. The molecule has 0 amide bonds. The highest BCUT2D eigenvalue weighted by Crippen LogP contribution is 2.18. The lowest BCUT2D eigenvalue weighted by Gasteiger charge is -2.33. The van der Waals surface area contributed by atoms with Crippen LogP contribution in [-0.2, 0) is 19.4 Å². The topological polar surface area (TPSA) is 82.1 Å². The maximum atomic E-state index is 11.8. The van der Waals surface area contributed by atoms with Gasteiger partial charge in [-0.25, -0.2) is 8.42 Å². The minimum absolute atomic E-state index is 0.0693. The molecule has 8 heteroatoms. The number of nitrogens with zero attached hydrogens (tertiary/aromatic N) is 1. The highest BCUT2D eigenvalue weighted by molar-refractivity contribution is 7.91. The monoisotopic (exact) mass is 357 g/mol. The molecule has 1 saturated heterocycles. The first kappa shape index (κ1) is 18.5. The SMILES string of the molecule is COC(=O)[C@@H]1CS(=O)(=O)CCN1CCCOc1ccc(OC)cc1. The molecule has 0 unspecified atom stereocenters. The van der Waals surface area contributed by atoms with E-state index in [1.54, 1.807) is 7.11 Å². The Bertz CT molecular complexity index is 643. The molecule has 1 aromatic rings. The molecule has 24 heavy (non-hydrogen) atoms. The maximum absolute atomic E-state index is 11.8. The number of carbonyl (C=O) groups excluding carboxylic acids is 1. The molecule has 1 atom stereocenters. The molecule has 1 aromatic carbocycles. The number of methoxy groups -OCH3 is 2. The molecule has 0 radical (unpaired) electrons. The van der Waals surface area contributed by atoms with E-state index in [4.69, 9.17) is 14.2 Å². The molecule has 0 aromatic heterocycles. The number of sulfone groups is 1. The Morgan fingerprint density at radius 2 is 1.88 bits per heavy atom. The predicted octanol–water partition coefficient (Wildman–Crippen LogP) is 0.736. The zero-order chi connectivity index (χ0) is 17.6. The van der Waals surface area contributed by atoms with Crippen LogP contribution in [0, 0.1) is 0 Å². The Labute approximate surface area is 142 Å². The Hall–Kier alpha value is -1.80. The van der Waals surface area contributed by atoms with Crippen molar-refractivity contribution in [2.24, 2.45) is 0 Å². The summed E-state index contributed by atoms with van der Waals surface area (Å²) in [6, 6.07) is 6.55. The van der Waals surface area contributed by atoms with Crippen LogP contribution in [0.15, 0.2) is 24.3 Å². The minimum Gasteiger partial charge on any atom is -0.497 e. The summed E-state index contributed by atoms with van der Waals surface area (Å²) in [5.41, 5.74) is 0. The van der Waals surface area contributed by atoms with Crippen molar-refractivity contribution in [1.29, 1.82) is 0 Å². The summed E-state index contributed by atoms with van der Waals surface area (Å²) in [7, 11) is -0.310. The molecule has 1 fully saturated rings. The van der Waals surface area contributed by atoms with Crippen LogP contribution in [0.25, 0.3) is 0 Å². The van der Waals surface area contributed by atoms with E-state index in [-0.39, 0.29) is 11.5 Å². The van der Waals surface area contributed by atoms with Crippen molar-refractivity contribution in [3.63, 3.8) is 0 Å². The smallest absolute Gasteiger partial charge is 0.324 e. The fraction of sp³-hybridized carbons (Fsp3) is 0.562. The number of rotatable bonds is 7. The summed E-state index contributed by atoms with van der Waals surface area (Å²) in [6.45, 7) is 1.39.